The van der Waals surface area contributed by atoms with Gasteiger partial charge in [-0.05, 0) is 24.5 Å². The van der Waals surface area contributed by atoms with Crippen LogP contribution in [0.5, 0.6) is 0 Å². The second-order valence-electron chi connectivity index (χ2n) is 5.42. The Morgan fingerprint density at radius 1 is 1.33 bits per heavy atom. The molecule has 4 rings (SSSR count). The van der Waals surface area contributed by atoms with E-state index in [1.807, 2.05) is 17.0 Å². The first-order valence-corrected chi connectivity index (χ1v) is 6.78. The Balaban J connectivity index is 1.70. The number of fused-ring (bicyclic) bond motifs is 1. The summed E-state index contributed by atoms with van der Waals surface area (Å²) in [6.07, 6.45) is 2.16. The fraction of sp³-hybridized carbons (Fsp3) is 0.267. The number of carbonyl (C=O) groups is 2. The van der Waals surface area contributed by atoms with Crippen LogP contribution < -0.4 is 0 Å². The number of aromatic nitrogens is 1. The Hall–Kier alpha value is -2.63. The number of amides is 1. The third kappa shape index (κ3) is 1.91. The minimum atomic E-state index is -1.16. The lowest BCUT2D eigenvalue weighted by Gasteiger charge is -2.13. The van der Waals surface area contributed by atoms with E-state index < -0.39 is 5.97 Å². The molecule has 6 nitrogen and oxygen atoms in total. The molecule has 1 aromatic carbocycles. The molecular weight excluding hydrogens is 272 g/mol. The number of hydrogen-bond acceptors (Lipinski definition) is 4. The highest BCUT2D eigenvalue weighted by Gasteiger charge is 2.38. The number of carbonyl (C=O) groups excluding carboxylic acids is 1. The van der Waals surface area contributed by atoms with Crippen LogP contribution in [0.2, 0.25) is 0 Å². The summed E-state index contributed by atoms with van der Waals surface area (Å²) >= 11 is 0. The van der Waals surface area contributed by atoms with E-state index in [1.165, 1.54) is 6.07 Å². The largest absolute Gasteiger partial charge is 0.475 e. The van der Waals surface area contributed by atoms with Crippen LogP contribution in [-0.2, 0) is 6.54 Å². The molecule has 0 unspecified atom stereocenters. The van der Waals surface area contributed by atoms with Crippen molar-refractivity contribution >= 4 is 11.9 Å². The van der Waals surface area contributed by atoms with Crippen molar-refractivity contribution in [1.29, 1.82) is 0 Å². The fourth-order valence-corrected chi connectivity index (χ4v) is 2.68. The van der Waals surface area contributed by atoms with Gasteiger partial charge in [0.15, 0.2) is 0 Å². The lowest BCUT2D eigenvalue weighted by molar-refractivity contribution is 0.0651. The molecule has 6 heteroatoms. The maximum absolute atomic E-state index is 12.4. The standard InChI is InChI=1S/C15H12N2O4/c18-14-11-5-8(12-6-13(15(19)20)21-16-12)1-2-9(11)7-17(14)10-3-4-10/h1-2,5-6,10H,3-4,7H2,(H,19,20). The van der Waals surface area contributed by atoms with Crippen LogP contribution in [0, 0.1) is 0 Å². The molecule has 1 N–H and O–H groups in total. The second kappa shape index (κ2) is 4.18. The van der Waals surface area contributed by atoms with Crippen LogP contribution in [0.15, 0.2) is 28.8 Å². The minimum Gasteiger partial charge on any atom is -0.475 e. The third-order valence-electron chi connectivity index (χ3n) is 3.95. The molecule has 0 spiro atoms. The predicted molar refractivity (Wildman–Crippen MR) is 71.8 cm³/mol. The van der Waals surface area contributed by atoms with Gasteiger partial charge in [-0.2, -0.15) is 0 Å². The normalized spacial score (nSPS) is 17.1. The summed E-state index contributed by atoms with van der Waals surface area (Å²) in [5, 5.41) is 12.6. The van der Waals surface area contributed by atoms with Crippen LogP contribution in [0.1, 0.15) is 39.3 Å². The van der Waals surface area contributed by atoms with Crippen molar-refractivity contribution in [3.05, 3.63) is 41.2 Å². The molecule has 1 saturated carbocycles. The second-order valence-corrected chi connectivity index (χ2v) is 5.42. The summed E-state index contributed by atoms with van der Waals surface area (Å²) in [4.78, 5) is 25.1. The Morgan fingerprint density at radius 2 is 2.14 bits per heavy atom. The van der Waals surface area contributed by atoms with Crippen molar-refractivity contribution in [3.8, 4) is 11.3 Å². The van der Waals surface area contributed by atoms with Crippen molar-refractivity contribution in [2.75, 3.05) is 0 Å². The maximum Gasteiger partial charge on any atom is 0.374 e. The highest BCUT2D eigenvalue weighted by molar-refractivity contribution is 6.00. The zero-order valence-electron chi connectivity index (χ0n) is 11.1. The summed E-state index contributed by atoms with van der Waals surface area (Å²) in [6.45, 7) is 0.665. The average molecular weight is 284 g/mol. The van der Waals surface area contributed by atoms with Crippen LogP contribution in [0.3, 0.4) is 0 Å². The predicted octanol–water partition coefficient (Wildman–Crippen LogP) is 2.16. The molecule has 1 aliphatic heterocycles. The van der Waals surface area contributed by atoms with Crippen LogP contribution in [-0.4, -0.2) is 33.1 Å². The van der Waals surface area contributed by atoms with Crippen LogP contribution in [0.4, 0.5) is 0 Å². The zero-order valence-corrected chi connectivity index (χ0v) is 11.1. The van der Waals surface area contributed by atoms with E-state index in [4.69, 9.17) is 9.63 Å². The molecule has 0 radical (unpaired) electrons. The Bertz CT molecular complexity index is 761. The molecule has 106 valence electrons. The van der Waals surface area contributed by atoms with Crippen molar-refractivity contribution < 1.29 is 19.2 Å². The number of hydrogen-bond donors (Lipinski definition) is 1. The molecule has 0 bridgehead atoms. The van der Waals surface area contributed by atoms with Gasteiger partial charge in [0.05, 0.1) is 0 Å². The van der Waals surface area contributed by atoms with Gasteiger partial charge in [0, 0.05) is 29.8 Å². The van der Waals surface area contributed by atoms with Crippen molar-refractivity contribution in [2.45, 2.75) is 25.4 Å². The third-order valence-corrected chi connectivity index (χ3v) is 3.95. The molecule has 1 amide bonds. The average Bonchev–Trinajstić information content (AvgIpc) is 3.09. The van der Waals surface area contributed by atoms with Gasteiger partial charge in [-0.15, -0.1) is 0 Å². The van der Waals surface area contributed by atoms with Gasteiger partial charge >= 0.3 is 5.97 Å². The number of aromatic carboxylic acids is 1. The van der Waals surface area contributed by atoms with Crippen molar-refractivity contribution in [2.24, 2.45) is 0 Å². The van der Waals surface area contributed by atoms with E-state index in [9.17, 15) is 9.59 Å². The number of carboxylic acids is 1. The maximum atomic E-state index is 12.4. The summed E-state index contributed by atoms with van der Waals surface area (Å²) in [5.41, 5.74) is 2.81. The molecular formula is C15H12N2O4. The molecule has 1 fully saturated rings. The molecule has 2 aliphatic rings. The van der Waals surface area contributed by atoms with Gasteiger partial charge in [-0.1, -0.05) is 17.3 Å². The van der Waals surface area contributed by atoms with Crippen molar-refractivity contribution in [3.63, 3.8) is 0 Å². The molecule has 21 heavy (non-hydrogen) atoms. The van der Waals surface area contributed by atoms with E-state index in [2.05, 4.69) is 5.16 Å². The summed E-state index contributed by atoms with van der Waals surface area (Å²) < 4.78 is 4.75. The first-order chi connectivity index (χ1) is 10.1. The topological polar surface area (TPSA) is 83.6 Å². The van der Waals surface area contributed by atoms with E-state index in [1.54, 1.807) is 6.07 Å². The molecule has 1 aliphatic carbocycles. The minimum absolute atomic E-state index is 0.0521. The first-order valence-electron chi connectivity index (χ1n) is 6.78. The van der Waals surface area contributed by atoms with E-state index in [-0.39, 0.29) is 11.7 Å². The number of carboxylic acid groups (broad SMARTS) is 1. The van der Waals surface area contributed by atoms with Gasteiger partial charge in [0.2, 0.25) is 5.76 Å². The fourth-order valence-electron chi connectivity index (χ4n) is 2.68. The van der Waals surface area contributed by atoms with Gasteiger partial charge in [0.1, 0.15) is 5.69 Å². The molecule has 1 aromatic heterocycles. The van der Waals surface area contributed by atoms with E-state index >= 15 is 0 Å². The smallest absolute Gasteiger partial charge is 0.374 e. The van der Waals surface area contributed by atoms with Gasteiger partial charge in [0.25, 0.3) is 5.91 Å². The van der Waals surface area contributed by atoms with Gasteiger partial charge in [-0.25, -0.2) is 4.79 Å². The highest BCUT2D eigenvalue weighted by atomic mass is 16.5. The molecule has 0 atom stereocenters. The number of nitrogens with zero attached hydrogens (tertiary/aromatic N) is 2. The Labute approximate surface area is 120 Å². The zero-order chi connectivity index (χ0) is 14.6. The molecule has 2 heterocycles. The van der Waals surface area contributed by atoms with E-state index in [0.717, 1.165) is 18.4 Å². The Kier molecular flexibility index (Phi) is 2.42. The Morgan fingerprint density at radius 3 is 2.81 bits per heavy atom. The number of rotatable bonds is 3. The summed E-state index contributed by atoms with van der Waals surface area (Å²) in [6, 6.07) is 7.26. The lowest BCUT2D eigenvalue weighted by atomic mass is 10.0. The SMILES string of the molecule is O=C(O)c1cc(-c2ccc3c(c2)C(=O)N(C2CC2)C3)no1. The van der Waals surface area contributed by atoms with Crippen LogP contribution in [0.25, 0.3) is 11.3 Å². The quantitative estimate of drug-likeness (QED) is 0.933. The summed E-state index contributed by atoms with van der Waals surface area (Å²) in [7, 11) is 0. The summed E-state index contributed by atoms with van der Waals surface area (Å²) in [5.74, 6) is -1.32. The molecule has 0 saturated heterocycles. The van der Waals surface area contributed by atoms with Gasteiger partial charge < -0.3 is 14.5 Å². The van der Waals surface area contributed by atoms with Gasteiger partial charge in [-0.3, -0.25) is 4.79 Å². The first kappa shape index (κ1) is 12.1. The monoisotopic (exact) mass is 284 g/mol. The highest BCUT2D eigenvalue weighted by Crippen LogP contribution is 2.36. The lowest BCUT2D eigenvalue weighted by Crippen LogP contribution is -2.25. The number of benzene rings is 1. The molecule has 2 aromatic rings. The van der Waals surface area contributed by atoms with Crippen molar-refractivity contribution in [1.82, 2.24) is 10.1 Å². The van der Waals surface area contributed by atoms with Crippen LogP contribution >= 0.6 is 0 Å². The van der Waals surface area contributed by atoms with E-state index in [0.29, 0.717) is 29.4 Å².